The summed E-state index contributed by atoms with van der Waals surface area (Å²) in [6.07, 6.45) is 0.312. The molecule has 1 rings (SSSR count). The van der Waals surface area contributed by atoms with Crippen LogP contribution in [0.2, 0.25) is 0 Å². The van der Waals surface area contributed by atoms with E-state index in [1.807, 2.05) is 26.0 Å². The number of thiophene rings is 1. The van der Waals surface area contributed by atoms with Gasteiger partial charge in [0.05, 0.1) is 0 Å². The van der Waals surface area contributed by atoms with Crippen LogP contribution >= 0.6 is 11.3 Å². The molecular weight excluding hydrogens is 170 g/mol. The van der Waals surface area contributed by atoms with E-state index in [1.165, 1.54) is 4.88 Å². The van der Waals surface area contributed by atoms with Crippen LogP contribution in [0.3, 0.4) is 0 Å². The Morgan fingerprint density at radius 1 is 1.58 bits per heavy atom. The number of hydrogen-bond donors (Lipinski definition) is 2. The highest BCUT2D eigenvalue weighted by Gasteiger charge is 2.15. The summed E-state index contributed by atoms with van der Waals surface area (Å²) < 4.78 is 0. The van der Waals surface area contributed by atoms with Crippen LogP contribution in [0, 0.1) is 6.92 Å². The van der Waals surface area contributed by atoms with Crippen molar-refractivity contribution in [3.63, 3.8) is 0 Å². The van der Waals surface area contributed by atoms with Crippen molar-refractivity contribution < 1.29 is 5.11 Å². The van der Waals surface area contributed by atoms with Crippen molar-refractivity contribution in [3.05, 3.63) is 21.9 Å². The van der Waals surface area contributed by atoms with Crippen LogP contribution in [0.15, 0.2) is 12.1 Å². The van der Waals surface area contributed by atoms with E-state index in [0.29, 0.717) is 0 Å². The summed E-state index contributed by atoms with van der Waals surface area (Å²) in [5.41, 5.74) is 5.71. The molecule has 0 aromatic carbocycles. The monoisotopic (exact) mass is 185 g/mol. The third kappa shape index (κ3) is 2.06. The van der Waals surface area contributed by atoms with Crippen molar-refractivity contribution in [2.24, 2.45) is 5.73 Å². The van der Waals surface area contributed by atoms with Crippen molar-refractivity contribution >= 4 is 11.3 Å². The zero-order valence-corrected chi connectivity index (χ0v) is 8.27. The van der Waals surface area contributed by atoms with Gasteiger partial charge in [0.2, 0.25) is 0 Å². The van der Waals surface area contributed by atoms with Crippen LogP contribution < -0.4 is 5.73 Å². The minimum absolute atomic E-state index is 0.136. The Kier molecular flexibility index (Phi) is 3.26. The molecule has 2 nitrogen and oxygen atoms in total. The quantitative estimate of drug-likeness (QED) is 0.754. The molecule has 0 fully saturated rings. The largest absolute Gasteiger partial charge is 0.386 e. The molecule has 0 bridgehead atoms. The van der Waals surface area contributed by atoms with Crippen molar-refractivity contribution in [1.82, 2.24) is 0 Å². The molecule has 3 N–H and O–H groups in total. The molecule has 3 heteroatoms. The van der Waals surface area contributed by atoms with Crippen molar-refractivity contribution in [3.8, 4) is 0 Å². The van der Waals surface area contributed by atoms with E-state index in [4.69, 9.17) is 5.73 Å². The highest BCUT2D eigenvalue weighted by molar-refractivity contribution is 7.12. The lowest BCUT2D eigenvalue weighted by molar-refractivity contribution is 0.148. The second kappa shape index (κ2) is 4.03. The fourth-order valence-electron chi connectivity index (χ4n) is 1.05. The zero-order valence-electron chi connectivity index (χ0n) is 7.45. The number of aliphatic hydroxyl groups is 1. The maximum Gasteiger partial charge on any atom is 0.103 e. The van der Waals surface area contributed by atoms with E-state index < -0.39 is 6.10 Å². The van der Waals surface area contributed by atoms with Crippen molar-refractivity contribution in [2.75, 3.05) is 0 Å². The van der Waals surface area contributed by atoms with Crippen LogP contribution in [0.25, 0.3) is 0 Å². The molecule has 0 saturated carbocycles. The molecule has 12 heavy (non-hydrogen) atoms. The van der Waals surface area contributed by atoms with Gasteiger partial charge >= 0.3 is 0 Å². The molecule has 1 heterocycles. The van der Waals surface area contributed by atoms with Crippen LogP contribution in [0.5, 0.6) is 0 Å². The van der Waals surface area contributed by atoms with Gasteiger partial charge in [0.15, 0.2) is 0 Å². The molecule has 1 aromatic heterocycles. The first-order valence-electron chi connectivity index (χ1n) is 4.15. The first-order valence-corrected chi connectivity index (χ1v) is 4.96. The number of aryl methyl sites for hydroxylation is 1. The average Bonchev–Trinajstić information content (AvgIpc) is 2.49. The average molecular weight is 185 g/mol. The Bertz CT molecular complexity index is 246. The standard InChI is InChI=1S/C9H15NOS/c1-3-7(10)9(11)8-5-4-6(2)12-8/h4-5,7,9,11H,3,10H2,1-2H3/t7-,9-/m0/s1. The van der Waals surface area contributed by atoms with Crippen LogP contribution in [-0.2, 0) is 0 Å². The Labute approximate surface area is 77.0 Å². The van der Waals surface area contributed by atoms with E-state index in [2.05, 4.69) is 0 Å². The van der Waals surface area contributed by atoms with Gasteiger partial charge in [0, 0.05) is 15.8 Å². The molecule has 0 unspecified atom stereocenters. The van der Waals surface area contributed by atoms with Gasteiger partial charge in [0.25, 0.3) is 0 Å². The van der Waals surface area contributed by atoms with Crippen LogP contribution in [0.4, 0.5) is 0 Å². The third-order valence-electron chi connectivity index (χ3n) is 1.93. The van der Waals surface area contributed by atoms with E-state index in [-0.39, 0.29) is 6.04 Å². The lowest BCUT2D eigenvalue weighted by Gasteiger charge is -2.14. The summed E-state index contributed by atoms with van der Waals surface area (Å²) >= 11 is 1.61. The Morgan fingerprint density at radius 2 is 2.25 bits per heavy atom. The summed E-state index contributed by atoms with van der Waals surface area (Å²) in [5.74, 6) is 0. The molecule has 0 spiro atoms. The van der Waals surface area contributed by atoms with Gasteiger partial charge in [-0.25, -0.2) is 0 Å². The molecule has 68 valence electrons. The van der Waals surface area contributed by atoms with Gasteiger partial charge < -0.3 is 10.8 Å². The minimum atomic E-state index is -0.492. The lowest BCUT2D eigenvalue weighted by atomic mass is 10.1. The molecular formula is C9H15NOS. The number of rotatable bonds is 3. The SMILES string of the molecule is CC[C@H](N)[C@H](O)c1ccc(C)s1. The topological polar surface area (TPSA) is 46.2 Å². The first kappa shape index (κ1) is 9.71. The lowest BCUT2D eigenvalue weighted by Crippen LogP contribution is -2.26. The number of nitrogens with two attached hydrogens (primary N) is 1. The summed E-state index contributed by atoms with van der Waals surface area (Å²) in [6.45, 7) is 4.01. The maximum atomic E-state index is 9.69. The van der Waals surface area contributed by atoms with Gasteiger partial charge in [-0.2, -0.15) is 0 Å². The van der Waals surface area contributed by atoms with E-state index in [1.54, 1.807) is 11.3 Å². The third-order valence-corrected chi connectivity index (χ3v) is 3.00. The second-order valence-electron chi connectivity index (χ2n) is 2.97. The highest BCUT2D eigenvalue weighted by atomic mass is 32.1. The van der Waals surface area contributed by atoms with Crippen molar-refractivity contribution in [1.29, 1.82) is 0 Å². The van der Waals surface area contributed by atoms with E-state index in [0.717, 1.165) is 11.3 Å². The summed E-state index contributed by atoms with van der Waals surface area (Å²) in [7, 11) is 0. The summed E-state index contributed by atoms with van der Waals surface area (Å²) in [5, 5.41) is 9.69. The van der Waals surface area contributed by atoms with Gasteiger partial charge in [0.1, 0.15) is 6.10 Å². The Morgan fingerprint density at radius 3 is 2.67 bits per heavy atom. The fourth-order valence-corrected chi connectivity index (χ4v) is 1.99. The second-order valence-corrected chi connectivity index (χ2v) is 4.28. The first-order chi connectivity index (χ1) is 5.65. The van der Waals surface area contributed by atoms with E-state index >= 15 is 0 Å². The van der Waals surface area contributed by atoms with Gasteiger partial charge in [-0.15, -0.1) is 11.3 Å². The molecule has 1 aromatic rings. The maximum absolute atomic E-state index is 9.69. The molecule has 0 aliphatic heterocycles. The predicted octanol–water partition coefficient (Wildman–Crippen LogP) is 1.83. The van der Waals surface area contributed by atoms with Gasteiger partial charge in [-0.3, -0.25) is 0 Å². The van der Waals surface area contributed by atoms with E-state index in [9.17, 15) is 5.11 Å². The predicted molar refractivity (Wildman–Crippen MR) is 52.3 cm³/mol. The van der Waals surface area contributed by atoms with Crippen LogP contribution in [0.1, 0.15) is 29.2 Å². The minimum Gasteiger partial charge on any atom is -0.386 e. The normalized spacial score (nSPS) is 16.0. The summed E-state index contributed by atoms with van der Waals surface area (Å²) in [4.78, 5) is 2.19. The highest BCUT2D eigenvalue weighted by Crippen LogP contribution is 2.25. The van der Waals surface area contributed by atoms with Crippen LogP contribution in [-0.4, -0.2) is 11.1 Å². The molecule has 0 radical (unpaired) electrons. The van der Waals surface area contributed by atoms with Gasteiger partial charge in [-0.1, -0.05) is 6.92 Å². The Balaban J connectivity index is 2.70. The molecule has 0 amide bonds. The molecule has 2 atom stereocenters. The molecule has 0 aliphatic rings. The van der Waals surface area contributed by atoms with Crippen molar-refractivity contribution in [2.45, 2.75) is 32.4 Å². The smallest absolute Gasteiger partial charge is 0.103 e. The zero-order chi connectivity index (χ0) is 9.14. The molecule has 0 saturated heterocycles. The summed E-state index contributed by atoms with van der Waals surface area (Å²) in [6, 6.07) is 3.81. The fraction of sp³-hybridized carbons (Fsp3) is 0.556. The number of hydrogen-bond acceptors (Lipinski definition) is 3. The molecule has 0 aliphatic carbocycles. The number of aliphatic hydroxyl groups excluding tert-OH is 1. The van der Waals surface area contributed by atoms with Gasteiger partial charge in [-0.05, 0) is 25.5 Å². The Hall–Kier alpha value is -0.380.